The molecule has 1 aromatic carbocycles. The fourth-order valence-electron chi connectivity index (χ4n) is 1.65. The third-order valence-corrected chi connectivity index (χ3v) is 3.48. The summed E-state index contributed by atoms with van der Waals surface area (Å²) in [6.07, 6.45) is 1.91. The van der Waals surface area contributed by atoms with Crippen LogP contribution in [0.25, 0.3) is 10.9 Å². The van der Waals surface area contributed by atoms with Crippen molar-refractivity contribution < 1.29 is 4.39 Å². The summed E-state index contributed by atoms with van der Waals surface area (Å²) in [5, 5.41) is 1.26. The molecule has 84 valence electrons. The zero-order valence-electron chi connectivity index (χ0n) is 8.73. The third kappa shape index (κ3) is 2.30. The minimum atomic E-state index is -0.274. The third-order valence-electron chi connectivity index (χ3n) is 2.34. The number of halogens is 3. The number of aromatic nitrogens is 1. The smallest absolute Gasteiger partial charge is 0.125 e. The monoisotopic (exact) mass is 349 g/mol. The van der Waals surface area contributed by atoms with Gasteiger partial charge in [-0.3, -0.25) is 4.98 Å². The van der Waals surface area contributed by atoms with Crippen molar-refractivity contribution in [3.8, 4) is 0 Å². The molecule has 0 fully saturated rings. The van der Waals surface area contributed by atoms with E-state index in [9.17, 15) is 4.39 Å². The van der Waals surface area contributed by atoms with E-state index in [4.69, 9.17) is 11.6 Å². The van der Waals surface area contributed by atoms with Crippen molar-refractivity contribution in [3.05, 3.63) is 38.3 Å². The molecule has 0 aliphatic rings. The SMILES string of the molecule is CCCc1cc(Cl)c2cc(F)cc(I)c2n1. The molecule has 0 spiro atoms. The summed E-state index contributed by atoms with van der Waals surface area (Å²) in [5.74, 6) is -0.274. The van der Waals surface area contributed by atoms with Gasteiger partial charge in [0, 0.05) is 14.7 Å². The molecule has 0 radical (unpaired) electrons. The number of pyridine rings is 1. The van der Waals surface area contributed by atoms with E-state index in [1.807, 2.05) is 6.07 Å². The number of aryl methyl sites for hydroxylation is 1. The standard InChI is InChI=1S/C12H10ClFIN/c1-2-3-8-6-10(13)9-4-7(14)5-11(15)12(9)16-8/h4-6H,2-3H2,1H3. The molecule has 2 aromatic rings. The number of nitrogens with zero attached hydrogens (tertiary/aromatic N) is 1. The number of benzene rings is 1. The van der Waals surface area contributed by atoms with E-state index in [2.05, 4.69) is 34.5 Å². The lowest BCUT2D eigenvalue weighted by Gasteiger charge is -2.06. The second kappa shape index (κ2) is 4.84. The topological polar surface area (TPSA) is 12.9 Å². The minimum absolute atomic E-state index is 0.274. The van der Waals surface area contributed by atoms with E-state index in [0.717, 1.165) is 27.6 Å². The predicted molar refractivity (Wildman–Crippen MR) is 73.4 cm³/mol. The Bertz CT molecular complexity index is 542. The van der Waals surface area contributed by atoms with Crippen molar-refractivity contribution in [2.45, 2.75) is 19.8 Å². The lowest BCUT2D eigenvalue weighted by molar-refractivity contribution is 0.628. The van der Waals surface area contributed by atoms with Crippen LogP contribution in [-0.2, 0) is 6.42 Å². The van der Waals surface area contributed by atoms with E-state index in [-0.39, 0.29) is 5.82 Å². The molecule has 0 atom stereocenters. The molecule has 4 heteroatoms. The molecule has 0 aliphatic heterocycles. The first-order chi connectivity index (χ1) is 7.61. The van der Waals surface area contributed by atoms with Crippen LogP contribution in [0.15, 0.2) is 18.2 Å². The lowest BCUT2D eigenvalue weighted by atomic mass is 10.1. The number of rotatable bonds is 2. The quantitative estimate of drug-likeness (QED) is 0.723. The molecule has 0 saturated heterocycles. The average Bonchev–Trinajstić information content (AvgIpc) is 2.20. The van der Waals surface area contributed by atoms with E-state index < -0.39 is 0 Å². The fourth-order valence-corrected chi connectivity index (χ4v) is 2.62. The average molecular weight is 350 g/mol. The van der Waals surface area contributed by atoms with Crippen LogP contribution < -0.4 is 0 Å². The molecular formula is C12H10ClFIN. The van der Waals surface area contributed by atoms with E-state index >= 15 is 0 Å². The Morgan fingerprint density at radius 1 is 1.38 bits per heavy atom. The Hall–Kier alpha value is -0.420. The van der Waals surface area contributed by atoms with Crippen molar-refractivity contribution in [3.63, 3.8) is 0 Å². The molecule has 0 amide bonds. The molecule has 0 N–H and O–H groups in total. The van der Waals surface area contributed by atoms with Crippen LogP contribution >= 0.6 is 34.2 Å². The highest BCUT2D eigenvalue weighted by atomic mass is 127. The lowest BCUT2D eigenvalue weighted by Crippen LogP contribution is -1.93. The van der Waals surface area contributed by atoms with Gasteiger partial charge in [0.15, 0.2) is 0 Å². The van der Waals surface area contributed by atoms with Crippen molar-refractivity contribution in [1.82, 2.24) is 4.98 Å². The van der Waals surface area contributed by atoms with Gasteiger partial charge in [-0.05, 0) is 47.2 Å². The molecular weight excluding hydrogens is 339 g/mol. The van der Waals surface area contributed by atoms with Gasteiger partial charge in [0.05, 0.1) is 10.5 Å². The Kier molecular flexibility index (Phi) is 3.64. The van der Waals surface area contributed by atoms with Gasteiger partial charge in [-0.15, -0.1) is 0 Å². The maximum atomic E-state index is 13.2. The summed E-state index contributed by atoms with van der Waals surface area (Å²) < 4.78 is 14.0. The molecule has 16 heavy (non-hydrogen) atoms. The Balaban J connectivity index is 2.71. The normalized spacial score (nSPS) is 11.0. The van der Waals surface area contributed by atoms with Gasteiger partial charge in [-0.2, -0.15) is 0 Å². The van der Waals surface area contributed by atoms with Crippen molar-refractivity contribution in [2.24, 2.45) is 0 Å². The van der Waals surface area contributed by atoms with Crippen molar-refractivity contribution in [1.29, 1.82) is 0 Å². The second-order valence-corrected chi connectivity index (χ2v) is 5.20. The van der Waals surface area contributed by atoms with Gasteiger partial charge in [0.2, 0.25) is 0 Å². The largest absolute Gasteiger partial charge is 0.252 e. The Labute approximate surface area is 112 Å². The van der Waals surface area contributed by atoms with Crippen LogP contribution in [0.2, 0.25) is 5.02 Å². The van der Waals surface area contributed by atoms with Crippen molar-refractivity contribution in [2.75, 3.05) is 0 Å². The molecule has 0 aliphatic carbocycles. The molecule has 0 saturated carbocycles. The number of fused-ring (bicyclic) bond motifs is 1. The first kappa shape index (κ1) is 12.0. The molecule has 1 aromatic heterocycles. The number of hydrogen-bond acceptors (Lipinski definition) is 1. The fraction of sp³-hybridized carbons (Fsp3) is 0.250. The van der Waals surface area contributed by atoms with Gasteiger partial charge in [0.25, 0.3) is 0 Å². The van der Waals surface area contributed by atoms with Gasteiger partial charge >= 0.3 is 0 Å². The Morgan fingerprint density at radius 2 is 2.12 bits per heavy atom. The summed E-state index contributed by atoms with van der Waals surface area (Å²) in [7, 11) is 0. The van der Waals surface area contributed by atoms with E-state index in [1.165, 1.54) is 12.1 Å². The second-order valence-electron chi connectivity index (χ2n) is 3.63. The minimum Gasteiger partial charge on any atom is -0.252 e. The first-order valence-electron chi connectivity index (χ1n) is 5.06. The molecule has 0 bridgehead atoms. The summed E-state index contributed by atoms with van der Waals surface area (Å²) in [4.78, 5) is 4.51. The molecule has 0 unspecified atom stereocenters. The van der Waals surface area contributed by atoms with E-state index in [0.29, 0.717) is 10.4 Å². The van der Waals surface area contributed by atoms with Crippen LogP contribution in [-0.4, -0.2) is 4.98 Å². The van der Waals surface area contributed by atoms with Gasteiger partial charge in [0.1, 0.15) is 5.82 Å². The summed E-state index contributed by atoms with van der Waals surface area (Å²) in [6, 6.07) is 4.73. The first-order valence-corrected chi connectivity index (χ1v) is 6.51. The van der Waals surface area contributed by atoms with Gasteiger partial charge < -0.3 is 0 Å². The van der Waals surface area contributed by atoms with Crippen LogP contribution in [0.3, 0.4) is 0 Å². The van der Waals surface area contributed by atoms with Crippen LogP contribution in [0.5, 0.6) is 0 Å². The maximum Gasteiger partial charge on any atom is 0.125 e. The number of hydrogen-bond donors (Lipinski definition) is 0. The molecule has 2 rings (SSSR count). The molecule has 1 nitrogen and oxygen atoms in total. The highest BCUT2D eigenvalue weighted by Crippen LogP contribution is 2.28. The van der Waals surface area contributed by atoms with Crippen LogP contribution in [0, 0.1) is 9.39 Å². The zero-order chi connectivity index (χ0) is 11.7. The Morgan fingerprint density at radius 3 is 2.81 bits per heavy atom. The van der Waals surface area contributed by atoms with Crippen LogP contribution in [0.1, 0.15) is 19.0 Å². The van der Waals surface area contributed by atoms with Crippen LogP contribution in [0.4, 0.5) is 4.39 Å². The summed E-state index contributed by atoms with van der Waals surface area (Å²) >= 11 is 8.22. The predicted octanol–water partition coefficient (Wildman–Crippen LogP) is 4.58. The van der Waals surface area contributed by atoms with Gasteiger partial charge in [-0.1, -0.05) is 24.9 Å². The highest BCUT2D eigenvalue weighted by Gasteiger charge is 2.08. The summed E-state index contributed by atoms with van der Waals surface area (Å²) in [6.45, 7) is 2.09. The van der Waals surface area contributed by atoms with Crippen molar-refractivity contribution >= 4 is 45.1 Å². The van der Waals surface area contributed by atoms with Gasteiger partial charge in [-0.25, -0.2) is 4.39 Å². The molecule has 1 heterocycles. The highest BCUT2D eigenvalue weighted by molar-refractivity contribution is 14.1. The zero-order valence-corrected chi connectivity index (χ0v) is 11.6. The maximum absolute atomic E-state index is 13.2. The van der Waals surface area contributed by atoms with E-state index in [1.54, 1.807) is 0 Å². The summed E-state index contributed by atoms with van der Waals surface area (Å²) in [5.41, 5.74) is 1.75.